The van der Waals surface area contributed by atoms with Gasteiger partial charge >= 0.3 is 0 Å². The molecule has 4 saturated carbocycles. The Bertz CT molecular complexity index is 687. The Morgan fingerprint density at radius 3 is 2.71 bits per heavy atom. The van der Waals surface area contributed by atoms with Gasteiger partial charge in [0.15, 0.2) is 5.78 Å². The summed E-state index contributed by atoms with van der Waals surface area (Å²) >= 11 is 0. The van der Waals surface area contributed by atoms with Crippen LogP contribution in [0.25, 0.3) is 0 Å². The molecule has 0 spiro atoms. The maximum absolute atomic E-state index is 12.0. The van der Waals surface area contributed by atoms with Crippen molar-refractivity contribution < 1.29 is 4.79 Å². The second-order valence-corrected chi connectivity index (χ2v) is 10.1. The quantitative estimate of drug-likeness (QED) is 0.645. The third kappa shape index (κ3) is 1.65. The summed E-state index contributed by atoms with van der Waals surface area (Å²) in [5.41, 5.74) is 1.98. The predicted octanol–water partition coefficient (Wildman–Crippen LogP) is 4.76. The van der Waals surface area contributed by atoms with Gasteiger partial charge in [-0.2, -0.15) is 5.26 Å². The Balaban J connectivity index is 1.56. The van der Waals surface area contributed by atoms with Crippen LogP contribution in [0.15, 0.2) is 11.6 Å². The van der Waals surface area contributed by atoms with Gasteiger partial charge in [0.25, 0.3) is 0 Å². The van der Waals surface area contributed by atoms with Gasteiger partial charge in [-0.25, -0.2) is 0 Å². The molecule has 5 aliphatic rings. The largest absolute Gasteiger partial charge is 0.295 e. The molecule has 5 aliphatic carbocycles. The lowest BCUT2D eigenvalue weighted by Gasteiger charge is -2.60. The predicted molar refractivity (Wildman–Crippen MR) is 92.7 cm³/mol. The summed E-state index contributed by atoms with van der Waals surface area (Å²) in [4.78, 5) is 12.0. The van der Waals surface area contributed by atoms with Crippen LogP contribution in [0.1, 0.15) is 59.3 Å². The fraction of sp³-hybridized carbons (Fsp3) is 0.818. The second-order valence-electron chi connectivity index (χ2n) is 10.1. The van der Waals surface area contributed by atoms with Crippen molar-refractivity contribution in [3.05, 3.63) is 11.6 Å². The van der Waals surface area contributed by atoms with Gasteiger partial charge < -0.3 is 0 Å². The molecule has 2 nitrogen and oxygen atoms in total. The lowest BCUT2D eigenvalue weighted by atomic mass is 9.44. The Kier molecular flexibility index (Phi) is 2.87. The molecule has 0 saturated heterocycles. The maximum Gasteiger partial charge on any atom is 0.155 e. The molecule has 0 N–H and O–H groups in total. The van der Waals surface area contributed by atoms with Gasteiger partial charge in [-0.3, -0.25) is 4.79 Å². The highest BCUT2D eigenvalue weighted by Gasteiger charge is 2.70. The Labute approximate surface area is 145 Å². The van der Waals surface area contributed by atoms with E-state index in [4.69, 9.17) is 0 Å². The first-order valence-corrected chi connectivity index (χ1v) is 10.0. The molecule has 4 fully saturated rings. The second kappa shape index (κ2) is 4.54. The van der Waals surface area contributed by atoms with Gasteiger partial charge in [0.2, 0.25) is 0 Å². The number of fused-ring (bicyclic) bond motifs is 7. The van der Waals surface area contributed by atoms with Crippen LogP contribution in [-0.4, -0.2) is 5.78 Å². The van der Waals surface area contributed by atoms with Crippen molar-refractivity contribution >= 4 is 5.78 Å². The van der Waals surface area contributed by atoms with Crippen LogP contribution in [0, 0.1) is 63.6 Å². The summed E-state index contributed by atoms with van der Waals surface area (Å²) < 4.78 is 0. The third-order valence-electron chi connectivity index (χ3n) is 9.21. The third-order valence-corrected chi connectivity index (χ3v) is 9.21. The summed E-state index contributed by atoms with van der Waals surface area (Å²) in [5, 5.41) is 9.79. The minimum atomic E-state index is 0.243. The van der Waals surface area contributed by atoms with Crippen molar-refractivity contribution in [2.75, 3.05) is 0 Å². The summed E-state index contributed by atoms with van der Waals surface area (Å²) in [5.74, 6) is 5.02. The molecule has 0 aliphatic heterocycles. The monoisotopic (exact) mass is 323 g/mol. The van der Waals surface area contributed by atoms with E-state index in [0.29, 0.717) is 23.5 Å². The van der Waals surface area contributed by atoms with Crippen LogP contribution in [-0.2, 0) is 4.79 Å². The van der Waals surface area contributed by atoms with E-state index >= 15 is 0 Å². The number of nitrogens with zero attached hydrogens (tertiary/aromatic N) is 1. The molecule has 0 bridgehead atoms. The van der Waals surface area contributed by atoms with Gasteiger partial charge in [0.05, 0.1) is 12.0 Å². The zero-order valence-corrected chi connectivity index (χ0v) is 15.2. The summed E-state index contributed by atoms with van der Waals surface area (Å²) in [6, 6.07) is 2.72. The molecule has 2 heteroatoms. The molecule has 128 valence electrons. The molecule has 4 unspecified atom stereocenters. The number of carbonyl (C=O) groups is 1. The number of hydrogen-bond acceptors (Lipinski definition) is 2. The average Bonchev–Trinajstić information content (AvgIpc) is 3.24. The molecule has 0 aromatic heterocycles. The standard InChI is InChI=1S/C22H29NO/c1-12-8-16-17(21(2)6-4-13(24)9-18(12)21)5-7-22(3)19(11-23)14-10-15(14)20(16)22/h9,12,14-17,19-20H,4-8,10H2,1-3H3/t12-,14-,15?,16?,17?,19-,20?,21+,22+/m0/s1. The lowest BCUT2D eigenvalue weighted by Crippen LogP contribution is -2.53. The lowest BCUT2D eigenvalue weighted by molar-refractivity contribution is -0.118. The van der Waals surface area contributed by atoms with Crippen LogP contribution < -0.4 is 0 Å². The first-order chi connectivity index (χ1) is 11.4. The molecule has 0 radical (unpaired) electrons. The molecule has 0 heterocycles. The van der Waals surface area contributed by atoms with Crippen molar-refractivity contribution in [2.45, 2.75) is 59.3 Å². The number of ketones is 1. The minimum Gasteiger partial charge on any atom is -0.295 e. The topological polar surface area (TPSA) is 40.9 Å². The summed E-state index contributed by atoms with van der Waals surface area (Å²) in [7, 11) is 0. The maximum atomic E-state index is 12.0. The first-order valence-electron chi connectivity index (χ1n) is 10.0. The minimum absolute atomic E-state index is 0.243. The van der Waals surface area contributed by atoms with Gasteiger partial charge in [-0.1, -0.05) is 26.3 Å². The van der Waals surface area contributed by atoms with E-state index in [1.54, 1.807) is 0 Å². The normalized spacial score (nSPS) is 57.8. The highest BCUT2D eigenvalue weighted by Crippen LogP contribution is 2.75. The SMILES string of the molecule is C[C@H]1CC2C(CC[C@@]3(C)C2C2C[C@@H]2[C@@H]3C#N)[C@@]2(C)CCC(=O)C=C12. The molecular formula is C22H29NO. The van der Waals surface area contributed by atoms with Gasteiger partial charge in [-0.05, 0) is 84.5 Å². The smallest absolute Gasteiger partial charge is 0.155 e. The Morgan fingerprint density at radius 1 is 1.17 bits per heavy atom. The fourth-order valence-corrected chi connectivity index (χ4v) is 8.20. The van der Waals surface area contributed by atoms with E-state index in [1.807, 2.05) is 6.08 Å². The van der Waals surface area contributed by atoms with Crippen LogP contribution in [0.5, 0.6) is 0 Å². The van der Waals surface area contributed by atoms with E-state index < -0.39 is 0 Å². The van der Waals surface area contributed by atoms with Crippen LogP contribution in [0.4, 0.5) is 0 Å². The van der Waals surface area contributed by atoms with Gasteiger partial charge in [0.1, 0.15) is 0 Å². The van der Waals surface area contributed by atoms with Crippen molar-refractivity contribution in [1.82, 2.24) is 0 Å². The van der Waals surface area contributed by atoms with Crippen molar-refractivity contribution in [3.8, 4) is 6.07 Å². The Hall–Kier alpha value is -1.10. The molecule has 0 aromatic rings. The number of rotatable bonds is 0. The van der Waals surface area contributed by atoms with E-state index in [9.17, 15) is 10.1 Å². The number of nitriles is 1. The molecular weight excluding hydrogens is 294 g/mol. The van der Waals surface area contributed by atoms with E-state index in [2.05, 4.69) is 26.8 Å². The van der Waals surface area contributed by atoms with Crippen LogP contribution >= 0.6 is 0 Å². The zero-order chi connectivity index (χ0) is 16.9. The highest BCUT2D eigenvalue weighted by molar-refractivity contribution is 5.91. The van der Waals surface area contributed by atoms with Gasteiger partial charge in [0, 0.05) is 6.42 Å². The molecule has 0 aromatic carbocycles. The van der Waals surface area contributed by atoms with E-state index in [1.165, 1.54) is 31.3 Å². The van der Waals surface area contributed by atoms with E-state index in [-0.39, 0.29) is 10.8 Å². The average molecular weight is 323 g/mol. The summed E-state index contributed by atoms with van der Waals surface area (Å²) in [6.45, 7) is 7.25. The number of carbonyl (C=O) groups excluding carboxylic acids is 1. The van der Waals surface area contributed by atoms with Crippen LogP contribution in [0.3, 0.4) is 0 Å². The molecule has 9 atom stereocenters. The molecule has 5 rings (SSSR count). The molecule has 0 amide bonds. The number of allylic oxidation sites excluding steroid dienone is 1. The van der Waals surface area contributed by atoms with Crippen molar-refractivity contribution in [1.29, 1.82) is 5.26 Å². The zero-order valence-electron chi connectivity index (χ0n) is 15.2. The highest BCUT2D eigenvalue weighted by atomic mass is 16.1. The van der Waals surface area contributed by atoms with E-state index in [0.717, 1.165) is 36.5 Å². The van der Waals surface area contributed by atoms with Crippen LogP contribution in [0.2, 0.25) is 0 Å². The fourth-order valence-electron chi connectivity index (χ4n) is 8.20. The number of hydrogen-bond donors (Lipinski definition) is 0. The Morgan fingerprint density at radius 2 is 1.96 bits per heavy atom. The van der Waals surface area contributed by atoms with Crippen molar-refractivity contribution in [3.63, 3.8) is 0 Å². The molecule has 24 heavy (non-hydrogen) atoms. The van der Waals surface area contributed by atoms with Gasteiger partial charge in [-0.15, -0.1) is 0 Å². The first kappa shape index (κ1) is 15.2. The summed E-state index contributed by atoms with van der Waals surface area (Å²) in [6.07, 6.45) is 8.88. The van der Waals surface area contributed by atoms with Crippen molar-refractivity contribution in [2.24, 2.45) is 52.3 Å².